The minimum Gasteiger partial charge on any atom is -0.326 e. The highest BCUT2D eigenvalue weighted by molar-refractivity contribution is 6.31. The molecule has 0 aliphatic carbocycles. The fourth-order valence-corrected chi connectivity index (χ4v) is 1.57. The van der Waals surface area contributed by atoms with Crippen molar-refractivity contribution >= 4 is 23.2 Å². The Bertz CT molecular complexity index is 496. The van der Waals surface area contributed by atoms with Gasteiger partial charge in [0.25, 0.3) is 0 Å². The molecule has 2 aromatic rings. The fourth-order valence-electron chi connectivity index (χ4n) is 1.39. The zero-order chi connectivity index (χ0) is 11.5. The quantitative estimate of drug-likeness (QED) is 0.889. The summed E-state index contributed by atoms with van der Waals surface area (Å²) in [7, 11) is 0. The molecule has 0 saturated carbocycles. The molecule has 0 amide bonds. The Morgan fingerprint density at radius 3 is 3.00 bits per heavy atom. The number of hydrogen-bond acceptors (Lipinski definition) is 2. The van der Waals surface area contributed by atoms with Crippen LogP contribution in [0.15, 0.2) is 30.6 Å². The van der Waals surface area contributed by atoms with Crippen LogP contribution in [0, 0.1) is 5.82 Å². The molecule has 1 N–H and O–H groups in total. The summed E-state index contributed by atoms with van der Waals surface area (Å²) in [6, 6.07) is 4.48. The highest BCUT2D eigenvalue weighted by atomic mass is 35.5. The van der Waals surface area contributed by atoms with Gasteiger partial charge in [-0.1, -0.05) is 11.6 Å². The fraction of sp³-hybridized carbons (Fsp3) is 0.182. The van der Waals surface area contributed by atoms with Crippen molar-refractivity contribution < 1.29 is 4.39 Å². The van der Waals surface area contributed by atoms with Crippen LogP contribution < -0.4 is 5.32 Å². The molecular formula is C11H11ClFN3. The predicted octanol–water partition coefficient (Wildman–Crippen LogP) is 3.44. The highest BCUT2D eigenvalue weighted by Crippen LogP contribution is 2.21. The number of rotatable bonds is 3. The van der Waals surface area contributed by atoms with Crippen LogP contribution >= 0.6 is 11.6 Å². The van der Waals surface area contributed by atoms with Crippen molar-refractivity contribution in [2.24, 2.45) is 0 Å². The first kappa shape index (κ1) is 11.0. The molecule has 0 radical (unpaired) electrons. The van der Waals surface area contributed by atoms with Gasteiger partial charge >= 0.3 is 0 Å². The minimum atomic E-state index is -0.425. The summed E-state index contributed by atoms with van der Waals surface area (Å²) in [6.45, 7) is 2.84. The maximum absolute atomic E-state index is 12.9. The van der Waals surface area contributed by atoms with Crippen molar-refractivity contribution in [1.82, 2.24) is 9.55 Å². The molecule has 1 aromatic heterocycles. The van der Waals surface area contributed by atoms with Crippen LogP contribution in [0.2, 0.25) is 5.02 Å². The second-order valence-electron chi connectivity index (χ2n) is 3.29. The van der Waals surface area contributed by atoms with Crippen molar-refractivity contribution in [3.05, 3.63) is 41.4 Å². The van der Waals surface area contributed by atoms with Gasteiger partial charge in [0.15, 0.2) is 0 Å². The molecule has 2 rings (SSSR count). The number of aromatic nitrogens is 2. The summed E-state index contributed by atoms with van der Waals surface area (Å²) >= 11 is 5.69. The van der Waals surface area contributed by atoms with Crippen LogP contribution in [-0.4, -0.2) is 9.55 Å². The van der Waals surface area contributed by atoms with E-state index in [1.165, 1.54) is 12.1 Å². The lowest BCUT2D eigenvalue weighted by molar-refractivity contribution is 0.628. The van der Waals surface area contributed by atoms with E-state index in [1.807, 2.05) is 17.7 Å². The van der Waals surface area contributed by atoms with Crippen molar-refractivity contribution in [3.63, 3.8) is 0 Å². The Labute approximate surface area is 97.9 Å². The SMILES string of the molecule is CCn1ccnc1Nc1ccc(F)c(Cl)c1. The van der Waals surface area contributed by atoms with Gasteiger partial charge in [0.05, 0.1) is 5.02 Å². The average Bonchev–Trinajstić information content (AvgIpc) is 2.71. The number of anilines is 2. The van der Waals surface area contributed by atoms with Gasteiger partial charge in [-0.15, -0.1) is 0 Å². The Morgan fingerprint density at radius 2 is 2.31 bits per heavy atom. The number of aryl methyl sites for hydroxylation is 1. The summed E-state index contributed by atoms with van der Waals surface area (Å²) < 4.78 is 14.9. The number of halogens is 2. The van der Waals surface area contributed by atoms with Crippen LogP contribution in [0.3, 0.4) is 0 Å². The van der Waals surface area contributed by atoms with Gasteiger partial charge in [-0.3, -0.25) is 0 Å². The molecule has 0 spiro atoms. The number of hydrogen-bond donors (Lipinski definition) is 1. The lowest BCUT2D eigenvalue weighted by Crippen LogP contribution is -2.01. The summed E-state index contributed by atoms with van der Waals surface area (Å²) in [5.41, 5.74) is 0.715. The molecule has 0 atom stereocenters. The molecule has 0 aliphatic rings. The molecular weight excluding hydrogens is 229 g/mol. The van der Waals surface area contributed by atoms with Crippen LogP contribution in [0.1, 0.15) is 6.92 Å². The Kier molecular flexibility index (Phi) is 3.10. The Balaban J connectivity index is 2.24. The number of imidazole rings is 1. The largest absolute Gasteiger partial charge is 0.326 e. The van der Waals surface area contributed by atoms with Gasteiger partial charge in [-0.2, -0.15) is 0 Å². The van der Waals surface area contributed by atoms with Crippen molar-refractivity contribution in [3.8, 4) is 0 Å². The molecule has 5 heteroatoms. The van der Waals surface area contributed by atoms with E-state index >= 15 is 0 Å². The molecule has 0 bridgehead atoms. The normalized spacial score (nSPS) is 10.4. The van der Waals surface area contributed by atoms with Gasteiger partial charge in [-0.25, -0.2) is 9.37 Å². The summed E-state index contributed by atoms with van der Waals surface area (Å²) in [5.74, 6) is 0.288. The Hall–Kier alpha value is -1.55. The topological polar surface area (TPSA) is 29.9 Å². The van der Waals surface area contributed by atoms with E-state index in [0.717, 1.165) is 6.54 Å². The molecule has 16 heavy (non-hydrogen) atoms. The molecule has 0 unspecified atom stereocenters. The van der Waals surface area contributed by atoms with E-state index in [-0.39, 0.29) is 5.02 Å². The highest BCUT2D eigenvalue weighted by Gasteiger charge is 2.04. The lowest BCUT2D eigenvalue weighted by atomic mass is 10.3. The third-order valence-corrected chi connectivity index (χ3v) is 2.52. The van der Waals surface area contributed by atoms with Gasteiger partial charge in [-0.05, 0) is 25.1 Å². The first-order chi connectivity index (χ1) is 7.70. The maximum atomic E-state index is 12.9. The van der Waals surface area contributed by atoms with Crippen molar-refractivity contribution in [1.29, 1.82) is 0 Å². The van der Waals surface area contributed by atoms with Gasteiger partial charge in [0, 0.05) is 24.6 Å². The molecule has 0 aliphatic heterocycles. The van der Waals surface area contributed by atoms with Crippen LogP contribution in [0.25, 0.3) is 0 Å². The summed E-state index contributed by atoms with van der Waals surface area (Å²) in [6.07, 6.45) is 3.57. The number of nitrogens with one attached hydrogen (secondary N) is 1. The molecule has 84 valence electrons. The zero-order valence-corrected chi connectivity index (χ0v) is 9.50. The first-order valence-electron chi connectivity index (χ1n) is 4.94. The van der Waals surface area contributed by atoms with Crippen LogP contribution in [0.5, 0.6) is 0 Å². The third-order valence-electron chi connectivity index (χ3n) is 2.23. The molecule has 1 heterocycles. The van der Waals surface area contributed by atoms with E-state index in [9.17, 15) is 4.39 Å². The molecule has 1 aromatic carbocycles. The van der Waals surface area contributed by atoms with Crippen LogP contribution in [-0.2, 0) is 6.54 Å². The van der Waals surface area contributed by atoms with Crippen LogP contribution in [0.4, 0.5) is 16.0 Å². The molecule has 0 saturated heterocycles. The molecule has 0 fully saturated rings. The maximum Gasteiger partial charge on any atom is 0.207 e. The standard InChI is InChI=1S/C11H11ClFN3/c1-2-16-6-5-14-11(16)15-8-3-4-10(13)9(12)7-8/h3-7H,2H2,1H3,(H,14,15). The first-order valence-corrected chi connectivity index (χ1v) is 5.31. The predicted molar refractivity (Wildman–Crippen MR) is 62.6 cm³/mol. The number of benzene rings is 1. The Morgan fingerprint density at radius 1 is 1.50 bits per heavy atom. The molecule has 3 nitrogen and oxygen atoms in total. The number of nitrogens with zero attached hydrogens (tertiary/aromatic N) is 2. The average molecular weight is 240 g/mol. The minimum absolute atomic E-state index is 0.0969. The monoisotopic (exact) mass is 239 g/mol. The summed E-state index contributed by atoms with van der Waals surface area (Å²) in [5, 5.41) is 3.17. The van der Waals surface area contributed by atoms with Crippen molar-refractivity contribution in [2.45, 2.75) is 13.5 Å². The second-order valence-corrected chi connectivity index (χ2v) is 3.70. The van der Waals surface area contributed by atoms with Crippen molar-refractivity contribution in [2.75, 3.05) is 5.32 Å². The van der Waals surface area contributed by atoms with E-state index in [1.54, 1.807) is 12.3 Å². The second kappa shape index (κ2) is 4.53. The van der Waals surface area contributed by atoms with Gasteiger partial charge < -0.3 is 9.88 Å². The van der Waals surface area contributed by atoms with E-state index in [2.05, 4.69) is 10.3 Å². The van der Waals surface area contributed by atoms with E-state index in [0.29, 0.717) is 11.6 Å². The van der Waals surface area contributed by atoms with Gasteiger partial charge in [0.1, 0.15) is 5.82 Å². The lowest BCUT2D eigenvalue weighted by Gasteiger charge is -2.08. The van der Waals surface area contributed by atoms with E-state index < -0.39 is 5.82 Å². The van der Waals surface area contributed by atoms with Gasteiger partial charge in [0.2, 0.25) is 5.95 Å². The smallest absolute Gasteiger partial charge is 0.207 e. The summed E-state index contributed by atoms with van der Waals surface area (Å²) in [4.78, 5) is 4.15. The third kappa shape index (κ3) is 2.17. The van der Waals surface area contributed by atoms with E-state index in [4.69, 9.17) is 11.6 Å². The zero-order valence-electron chi connectivity index (χ0n) is 8.74.